The summed E-state index contributed by atoms with van der Waals surface area (Å²) in [7, 11) is 0. The minimum atomic E-state index is -0.340. The van der Waals surface area contributed by atoms with Gasteiger partial charge in [0, 0.05) is 24.0 Å². The molecule has 0 unspecified atom stereocenters. The van der Waals surface area contributed by atoms with E-state index in [1.165, 1.54) is 12.5 Å². The Morgan fingerprint density at radius 2 is 2.22 bits per heavy atom. The maximum absolute atomic E-state index is 12.1. The fourth-order valence-electron chi connectivity index (χ4n) is 2.42. The lowest BCUT2D eigenvalue weighted by atomic mass is 9.85. The van der Waals surface area contributed by atoms with Crippen LogP contribution in [0.1, 0.15) is 72.7 Å². The second-order valence-electron chi connectivity index (χ2n) is 6.20. The Balaban J connectivity index is 1.66. The van der Waals surface area contributed by atoms with Crippen LogP contribution in [0.25, 0.3) is 0 Å². The van der Waals surface area contributed by atoms with Gasteiger partial charge in [0.05, 0.1) is 12.2 Å². The van der Waals surface area contributed by atoms with Gasteiger partial charge < -0.3 is 14.8 Å². The van der Waals surface area contributed by atoms with Crippen LogP contribution in [0.4, 0.5) is 0 Å². The second-order valence-corrected chi connectivity index (χ2v) is 6.20. The normalized spacial score (nSPS) is 14.7. The van der Waals surface area contributed by atoms with E-state index in [-0.39, 0.29) is 29.6 Å². The van der Waals surface area contributed by atoms with Crippen LogP contribution in [-0.2, 0) is 6.54 Å². The molecular formula is C16H20N4O3. The number of nitrogens with zero attached hydrogens (tertiary/aromatic N) is 2. The van der Waals surface area contributed by atoms with Crippen LogP contribution < -0.4 is 10.9 Å². The van der Waals surface area contributed by atoms with Gasteiger partial charge in [0.25, 0.3) is 11.5 Å². The first-order valence-corrected chi connectivity index (χ1v) is 7.88. The molecule has 2 aromatic heterocycles. The van der Waals surface area contributed by atoms with Gasteiger partial charge in [-0.15, -0.1) is 0 Å². The van der Waals surface area contributed by atoms with Gasteiger partial charge in [-0.1, -0.05) is 25.4 Å². The quantitative estimate of drug-likeness (QED) is 0.879. The van der Waals surface area contributed by atoms with E-state index in [9.17, 15) is 9.59 Å². The fourth-order valence-corrected chi connectivity index (χ4v) is 2.42. The summed E-state index contributed by atoms with van der Waals surface area (Å²) in [5, 5.41) is 6.48. The standard InChI is InChI=1S/C16H20N4O3/c1-9(2)13-7-12(20-23-13)16(22)17-8-11-6-14(21)19-15(18-11)10-4-3-5-10/h6-7,9-10H,3-5,8H2,1-2H3,(H,17,22)(H,18,19,21). The summed E-state index contributed by atoms with van der Waals surface area (Å²) in [6.07, 6.45) is 3.27. The van der Waals surface area contributed by atoms with Crippen LogP contribution in [0.3, 0.4) is 0 Å². The monoisotopic (exact) mass is 316 g/mol. The van der Waals surface area contributed by atoms with E-state index in [4.69, 9.17) is 4.52 Å². The lowest BCUT2D eigenvalue weighted by Crippen LogP contribution is -2.26. The molecule has 7 nitrogen and oxygen atoms in total. The summed E-state index contributed by atoms with van der Waals surface area (Å²) < 4.78 is 5.11. The van der Waals surface area contributed by atoms with Crippen molar-refractivity contribution >= 4 is 5.91 Å². The highest BCUT2D eigenvalue weighted by Gasteiger charge is 2.22. The fraction of sp³-hybridized carbons (Fsp3) is 0.500. The molecule has 2 heterocycles. The predicted octanol–water partition coefficient (Wildman–Crippen LogP) is 2.08. The Kier molecular flexibility index (Phi) is 4.27. The van der Waals surface area contributed by atoms with Gasteiger partial charge in [0.2, 0.25) is 0 Å². The van der Waals surface area contributed by atoms with Gasteiger partial charge in [0.1, 0.15) is 11.6 Å². The van der Waals surface area contributed by atoms with Crippen LogP contribution >= 0.6 is 0 Å². The minimum absolute atomic E-state index is 0.170. The first kappa shape index (κ1) is 15.5. The number of carbonyl (C=O) groups is 1. The summed E-state index contributed by atoms with van der Waals surface area (Å²) >= 11 is 0. The van der Waals surface area contributed by atoms with Crippen molar-refractivity contribution in [2.24, 2.45) is 0 Å². The SMILES string of the molecule is CC(C)c1cc(C(=O)NCc2cc(=O)[nH]c(C3CCC3)n2)no1. The van der Waals surface area contributed by atoms with E-state index in [0.717, 1.165) is 18.7 Å². The average molecular weight is 316 g/mol. The molecule has 1 amide bonds. The third-order valence-corrected chi connectivity index (χ3v) is 4.07. The molecule has 0 aromatic carbocycles. The summed E-state index contributed by atoms with van der Waals surface area (Å²) in [6, 6.07) is 3.04. The lowest BCUT2D eigenvalue weighted by Gasteiger charge is -2.24. The smallest absolute Gasteiger partial charge is 0.273 e. The van der Waals surface area contributed by atoms with Gasteiger partial charge in [-0.3, -0.25) is 9.59 Å². The third kappa shape index (κ3) is 3.49. The molecule has 2 aromatic rings. The summed E-state index contributed by atoms with van der Waals surface area (Å²) in [4.78, 5) is 31.0. The van der Waals surface area contributed by atoms with Gasteiger partial charge in [-0.25, -0.2) is 4.98 Å². The van der Waals surface area contributed by atoms with Crippen molar-refractivity contribution in [3.63, 3.8) is 0 Å². The third-order valence-electron chi connectivity index (χ3n) is 4.07. The van der Waals surface area contributed by atoms with E-state index < -0.39 is 0 Å². The maximum Gasteiger partial charge on any atom is 0.273 e. The topological polar surface area (TPSA) is 101 Å². The number of aromatic amines is 1. The van der Waals surface area contributed by atoms with E-state index >= 15 is 0 Å². The highest BCUT2D eigenvalue weighted by molar-refractivity contribution is 5.92. The largest absolute Gasteiger partial charge is 0.360 e. The Morgan fingerprint density at radius 3 is 2.83 bits per heavy atom. The number of carbonyl (C=O) groups excluding carboxylic acids is 1. The highest BCUT2D eigenvalue weighted by Crippen LogP contribution is 2.33. The first-order valence-electron chi connectivity index (χ1n) is 7.88. The van der Waals surface area contributed by atoms with Crippen molar-refractivity contribution in [2.45, 2.75) is 51.5 Å². The van der Waals surface area contributed by atoms with Crippen LogP contribution in [0, 0.1) is 0 Å². The summed E-state index contributed by atoms with van der Waals surface area (Å²) in [5.74, 6) is 1.55. The molecule has 1 aliphatic carbocycles. The molecule has 0 atom stereocenters. The van der Waals surface area contributed by atoms with Crippen LogP contribution in [0.2, 0.25) is 0 Å². The molecule has 23 heavy (non-hydrogen) atoms. The van der Waals surface area contributed by atoms with E-state index in [1.807, 2.05) is 13.8 Å². The van der Waals surface area contributed by atoms with Crippen molar-refractivity contribution in [3.8, 4) is 0 Å². The number of H-pyrrole nitrogens is 1. The zero-order valence-electron chi connectivity index (χ0n) is 13.3. The van der Waals surface area contributed by atoms with Crippen molar-refractivity contribution in [1.29, 1.82) is 0 Å². The number of rotatable bonds is 5. The Bertz CT molecular complexity index is 759. The van der Waals surface area contributed by atoms with E-state index in [2.05, 4.69) is 20.4 Å². The summed E-state index contributed by atoms with van der Waals surface area (Å²) in [5.41, 5.74) is 0.601. The van der Waals surface area contributed by atoms with E-state index in [0.29, 0.717) is 17.4 Å². The zero-order chi connectivity index (χ0) is 16.4. The van der Waals surface area contributed by atoms with Crippen molar-refractivity contribution < 1.29 is 9.32 Å². The number of amides is 1. The van der Waals surface area contributed by atoms with Gasteiger partial charge >= 0.3 is 0 Å². The molecule has 3 rings (SSSR count). The Morgan fingerprint density at radius 1 is 1.43 bits per heavy atom. The van der Waals surface area contributed by atoms with Crippen LogP contribution in [0.5, 0.6) is 0 Å². The predicted molar refractivity (Wildman–Crippen MR) is 83.2 cm³/mol. The Hall–Kier alpha value is -2.44. The second kappa shape index (κ2) is 6.36. The number of hydrogen-bond donors (Lipinski definition) is 2. The van der Waals surface area contributed by atoms with Gasteiger partial charge in [-0.2, -0.15) is 0 Å². The zero-order valence-corrected chi connectivity index (χ0v) is 13.3. The molecule has 122 valence electrons. The molecule has 2 N–H and O–H groups in total. The van der Waals surface area contributed by atoms with Gasteiger partial charge in [-0.05, 0) is 12.8 Å². The molecule has 0 bridgehead atoms. The molecule has 0 aliphatic heterocycles. The van der Waals surface area contributed by atoms with Gasteiger partial charge in [0.15, 0.2) is 5.69 Å². The molecule has 1 fully saturated rings. The molecule has 0 spiro atoms. The van der Waals surface area contributed by atoms with Crippen LogP contribution in [0.15, 0.2) is 21.5 Å². The van der Waals surface area contributed by atoms with Crippen LogP contribution in [-0.4, -0.2) is 21.0 Å². The first-order chi connectivity index (χ1) is 11.0. The highest BCUT2D eigenvalue weighted by atomic mass is 16.5. The molecule has 1 aliphatic rings. The summed E-state index contributed by atoms with van der Waals surface area (Å²) in [6.45, 7) is 4.11. The Labute approximate surface area is 133 Å². The number of nitrogens with one attached hydrogen (secondary N) is 2. The number of aromatic nitrogens is 3. The molecule has 0 saturated heterocycles. The molecule has 7 heteroatoms. The minimum Gasteiger partial charge on any atom is -0.360 e. The molecule has 0 radical (unpaired) electrons. The maximum atomic E-state index is 12.1. The van der Waals surface area contributed by atoms with E-state index in [1.54, 1.807) is 6.07 Å². The van der Waals surface area contributed by atoms with Crippen molar-refractivity contribution in [2.75, 3.05) is 0 Å². The number of hydrogen-bond acceptors (Lipinski definition) is 5. The molecule has 1 saturated carbocycles. The lowest BCUT2D eigenvalue weighted by molar-refractivity contribution is 0.0941. The average Bonchev–Trinajstić information content (AvgIpc) is 2.92. The van der Waals surface area contributed by atoms with Crippen molar-refractivity contribution in [3.05, 3.63) is 45.5 Å². The molecular weight excluding hydrogens is 296 g/mol. The van der Waals surface area contributed by atoms with Crippen molar-refractivity contribution in [1.82, 2.24) is 20.4 Å².